The lowest BCUT2D eigenvalue weighted by molar-refractivity contribution is -0.120. The van der Waals surface area contributed by atoms with E-state index in [4.69, 9.17) is 0 Å². The molecule has 2 aromatic rings. The Balaban J connectivity index is 1.68. The lowest BCUT2D eigenvalue weighted by Crippen LogP contribution is -2.30. The van der Waals surface area contributed by atoms with Crippen LogP contribution in [0.15, 0.2) is 29.3 Å². The van der Waals surface area contributed by atoms with Crippen LogP contribution in [0, 0.1) is 24.1 Å². The molecule has 134 valence electrons. The second kappa shape index (κ2) is 7.88. The maximum Gasteiger partial charge on any atom is 0.233 e. The molecule has 0 saturated heterocycles. The van der Waals surface area contributed by atoms with Gasteiger partial charge in [0.2, 0.25) is 5.91 Å². The molecule has 1 aliphatic rings. The summed E-state index contributed by atoms with van der Waals surface area (Å²) in [5.41, 5.74) is 4.66. The van der Waals surface area contributed by atoms with Crippen molar-refractivity contribution in [3.8, 4) is 6.07 Å². The molecule has 6 heteroatoms. The van der Waals surface area contributed by atoms with Gasteiger partial charge in [-0.25, -0.2) is 9.37 Å². The average molecular weight is 369 g/mol. The topological polar surface area (TPSA) is 65.8 Å². The molecule has 0 saturated carbocycles. The SMILES string of the molecule is Cc1c(C#N)c(SC(C)C(=O)NCc2ccc(F)cc2)nc2c1CCC2. The number of fused-ring (bicyclic) bond motifs is 1. The zero-order chi connectivity index (χ0) is 18.7. The molecule has 1 amide bonds. The van der Waals surface area contributed by atoms with Crippen LogP contribution in [-0.4, -0.2) is 16.1 Å². The predicted molar refractivity (Wildman–Crippen MR) is 99.3 cm³/mol. The van der Waals surface area contributed by atoms with Crippen LogP contribution in [0.5, 0.6) is 0 Å². The minimum atomic E-state index is -0.381. The van der Waals surface area contributed by atoms with Crippen molar-refractivity contribution >= 4 is 17.7 Å². The van der Waals surface area contributed by atoms with E-state index in [0.717, 1.165) is 36.1 Å². The summed E-state index contributed by atoms with van der Waals surface area (Å²) in [4.78, 5) is 17.0. The van der Waals surface area contributed by atoms with Crippen molar-refractivity contribution in [3.63, 3.8) is 0 Å². The summed E-state index contributed by atoms with van der Waals surface area (Å²) in [5.74, 6) is -0.436. The van der Waals surface area contributed by atoms with Crippen molar-refractivity contribution in [3.05, 3.63) is 58.0 Å². The van der Waals surface area contributed by atoms with Gasteiger partial charge in [-0.1, -0.05) is 23.9 Å². The van der Waals surface area contributed by atoms with Crippen LogP contribution in [0.1, 0.15) is 41.3 Å². The van der Waals surface area contributed by atoms with Gasteiger partial charge in [0.15, 0.2) is 0 Å². The van der Waals surface area contributed by atoms with Gasteiger partial charge in [-0.2, -0.15) is 5.26 Å². The first-order valence-electron chi connectivity index (χ1n) is 8.61. The highest BCUT2D eigenvalue weighted by Gasteiger charge is 2.23. The van der Waals surface area contributed by atoms with Crippen LogP contribution < -0.4 is 5.32 Å². The zero-order valence-corrected chi connectivity index (χ0v) is 15.6. The van der Waals surface area contributed by atoms with Crippen molar-refractivity contribution < 1.29 is 9.18 Å². The van der Waals surface area contributed by atoms with Crippen molar-refractivity contribution in [2.45, 2.75) is 49.9 Å². The quantitative estimate of drug-likeness (QED) is 0.817. The number of hydrogen-bond donors (Lipinski definition) is 1. The van der Waals surface area contributed by atoms with Gasteiger partial charge in [-0.3, -0.25) is 4.79 Å². The molecule has 1 aliphatic carbocycles. The smallest absolute Gasteiger partial charge is 0.233 e. The van der Waals surface area contributed by atoms with Crippen LogP contribution in [0.4, 0.5) is 4.39 Å². The third-order valence-corrected chi connectivity index (χ3v) is 5.70. The van der Waals surface area contributed by atoms with Crippen molar-refractivity contribution in [2.24, 2.45) is 0 Å². The van der Waals surface area contributed by atoms with Gasteiger partial charge in [0.1, 0.15) is 16.9 Å². The minimum Gasteiger partial charge on any atom is -0.351 e. The van der Waals surface area contributed by atoms with Gasteiger partial charge >= 0.3 is 0 Å². The van der Waals surface area contributed by atoms with E-state index in [1.54, 1.807) is 19.1 Å². The lowest BCUT2D eigenvalue weighted by Gasteiger charge is -2.15. The predicted octanol–water partition coefficient (Wildman–Crippen LogP) is 3.69. The van der Waals surface area contributed by atoms with Gasteiger partial charge in [0, 0.05) is 12.2 Å². The number of aromatic nitrogens is 1. The van der Waals surface area contributed by atoms with Gasteiger partial charge in [0.25, 0.3) is 0 Å². The van der Waals surface area contributed by atoms with E-state index in [0.29, 0.717) is 17.1 Å². The summed E-state index contributed by atoms with van der Waals surface area (Å²) < 4.78 is 12.9. The third-order valence-electron chi connectivity index (χ3n) is 4.62. The Hall–Kier alpha value is -2.39. The molecule has 0 fully saturated rings. The Morgan fingerprint density at radius 3 is 2.81 bits per heavy atom. The maximum atomic E-state index is 12.9. The number of nitriles is 1. The van der Waals surface area contributed by atoms with Gasteiger partial charge in [-0.15, -0.1) is 0 Å². The van der Waals surface area contributed by atoms with Gasteiger partial charge in [0.05, 0.1) is 10.8 Å². The molecule has 4 nitrogen and oxygen atoms in total. The molecule has 1 aromatic heterocycles. The van der Waals surface area contributed by atoms with E-state index in [-0.39, 0.29) is 17.0 Å². The summed E-state index contributed by atoms with van der Waals surface area (Å²) in [7, 11) is 0. The highest BCUT2D eigenvalue weighted by molar-refractivity contribution is 8.00. The first-order chi connectivity index (χ1) is 12.5. The second-order valence-electron chi connectivity index (χ2n) is 6.41. The summed E-state index contributed by atoms with van der Waals surface area (Å²) >= 11 is 1.32. The minimum absolute atomic E-state index is 0.136. The van der Waals surface area contributed by atoms with Crippen LogP contribution in [-0.2, 0) is 24.2 Å². The fourth-order valence-electron chi connectivity index (χ4n) is 3.12. The number of carbonyl (C=O) groups excluding carboxylic acids is 1. The van der Waals surface area contributed by atoms with E-state index < -0.39 is 0 Å². The Labute approximate surface area is 156 Å². The monoisotopic (exact) mass is 369 g/mol. The highest BCUT2D eigenvalue weighted by atomic mass is 32.2. The van der Waals surface area contributed by atoms with Gasteiger partial charge in [-0.05, 0) is 61.9 Å². The Kier molecular flexibility index (Phi) is 5.58. The lowest BCUT2D eigenvalue weighted by atomic mass is 10.0. The number of carbonyl (C=O) groups is 1. The molecule has 0 aliphatic heterocycles. The molecule has 0 bridgehead atoms. The maximum absolute atomic E-state index is 12.9. The summed E-state index contributed by atoms with van der Waals surface area (Å²) in [6.07, 6.45) is 2.97. The van der Waals surface area contributed by atoms with Crippen molar-refractivity contribution in [1.29, 1.82) is 5.26 Å². The number of rotatable bonds is 5. The van der Waals surface area contributed by atoms with Crippen LogP contribution in [0.25, 0.3) is 0 Å². The zero-order valence-electron chi connectivity index (χ0n) is 14.8. The normalized spacial score (nSPS) is 13.8. The van der Waals surface area contributed by atoms with Crippen molar-refractivity contribution in [2.75, 3.05) is 0 Å². The summed E-state index contributed by atoms with van der Waals surface area (Å²) in [5, 5.41) is 12.6. The van der Waals surface area contributed by atoms with Crippen LogP contribution in [0.2, 0.25) is 0 Å². The number of hydrogen-bond acceptors (Lipinski definition) is 4. The number of nitrogens with one attached hydrogen (secondary N) is 1. The molecular formula is C20H20FN3OS. The Morgan fingerprint density at radius 2 is 2.12 bits per heavy atom. The van der Waals surface area contributed by atoms with Crippen molar-refractivity contribution in [1.82, 2.24) is 10.3 Å². The Morgan fingerprint density at radius 1 is 1.38 bits per heavy atom. The number of thioether (sulfide) groups is 1. The number of pyridine rings is 1. The highest BCUT2D eigenvalue weighted by Crippen LogP contribution is 2.33. The summed E-state index contributed by atoms with van der Waals surface area (Å²) in [6.45, 7) is 4.11. The summed E-state index contributed by atoms with van der Waals surface area (Å²) in [6, 6.07) is 8.28. The number of amides is 1. The second-order valence-corrected chi connectivity index (χ2v) is 7.74. The average Bonchev–Trinajstić information content (AvgIpc) is 3.10. The molecule has 0 radical (unpaired) electrons. The van der Waals surface area contributed by atoms with Crippen LogP contribution >= 0.6 is 11.8 Å². The number of benzene rings is 1. The molecule has 26 heavy (non-hydrogen) atoms. The molecular weight excluding hydrogens is 349 g/mol. The van der Waals surface area contributed by atoms with E-state index in [1.807, 2.05) is 6.92 Å². The standard InChI is InChI=1S/C20H20FN3OS/c1-12-16-4-3-5-18(16)24-20(17(12)10-22)26-13(2)19(25)23-11-14-6-8-15(21)9-7-14/h6-9,13H,3-5,11H2,1-2H3,(H,23,25). The molecule has 1 heterocycles. The third kappa shape index (κ3) is 3.88. The van der Waals surface area contributed by atoms with E-state index in [9.17, 15) is 14.4 Å². The molecule has 3 rings (SSSR count). The Bertz CT molecular complexity index is 874. The van der Waals surface area contributed by atoms with E-state index in [1.165, 1.54) is 29.5 Å². The molecule has 1 unspecified atom stereocenters. The fraction of sp³-hybridized carbons (Fsp3) is 0.350. The van der Waals surface area contributed by atoms with E-state index >= 15 is 0 Å². The molecule has 1 atom stereocenters. The first-order valence-corrected chi connectivity index (χ1v) is 9.49. The first kappa shape index (κ1) is 18.4. The molecule has 1 aromatic carbocycles. The molecule has 0 spiro atoms. The van der Waals surface area contributed by atoms with Gasteiger partial charge < -0.3 is 5.32 Å². The number of aryl methyl sites for hydroxylation is 1. The number of nitrogens with zero attached hydrogens (tertiary/aromatic N) is 2. The molecule has 1 N–H and O–H groups in total. The fourth-order valence-corrected chi connectivity index (χ4v) is 4.12. The number of halogens is 1. The van der Waals surface area contributed by atoms with E-state index in [2.05, 4.69) is 16.4 Å². The largest absolute Gasteiger partial charge is 0.351 e. The van der Waals surface area contributed by atoms with Crippen LogP contribution in [0.3, 0.4) is 0 Å².